The highest BCUT2D eigenvalue weighted by Crippen LogP contribution is 2.46. The van der Waals surface area contributed by atoms with E-state index in [4.69, 9.17) is 19.0 Å². The number of aromatic amines is 1. The molecule has 3 aromatic carbocycles. The van der Waals surface area contributed by atoms with Gasteiger partial charge in [0.2, 0.25) is 0 Å². The Labute approximate surface area is 228 Å². The molecule has 0 radical (unpaired) electrons. The molecule has 7 heteroatoms. The van der Waals surface area contributed by atoms with Crippen LogP contribution < -0.4 is 14.2 Å². The van der Waals surface area contributed by atoms with Gasteiger partial charge in [-0.3, -0.25) is 0 Å². The smallest absolute Gasteiger partial charge is 0.161 e. The molecule has 198 valence electrons. The molecule has 0 unspecified atom stereocenters. The van der Waals surface area contributed by atoms with Crippen LogP contribution in [0.25, 0.3) is 22.2 Å². The van der Waals surface area contributed by atoms with Crippen LogP contribution in [0.15, 0.2) is 78.0 Å². The van der Waals surface area contributed by atoms with Crippen LogP contribution in [0.2, 0.25) is 0 Å². The maximum atomic E-state index is 6.02. The lowest BCUT2D eigenvalue weighted by molar-refractivity contribution is 0.175. The topological polar surface area (TPSA) is 68.3 Å². The first-order chi connectivity index (χ1) is 19.1. The summed E-state index contributed by atoms with van der Waals surface area (Å²) in [5, 5.41) is 5.59. The van der Waals surface area contributed by atoms with Gasteiger partial charge in [0.05, 0.1) is 19.9 Å². The van der Waals surface area contributed by atoms with Crippen molar-refractivity contribution in [3.63, 3.8) is 0 Å². The van der Waals surface area contributed by atoms with Crippen molar-refractivity contribution in [2.24, 2.45) is 5.16 Å². The molecule has 0 saturated carbocycles. The number of likely N-dealkylation sites (N-methyl/N-ethyl adjacent to an activating group) is 1. The Hall–Kier alpha value is -4.67. The van der Waals surface area contributed by atoms with E-state index < -0.39 is 0 Å². The number of fused-ring (bicyclic) bond motifs is 5. The number of oxime groups is 1. The summed E-state index contributed by atoms with van der Waals surface area (Å²) in [4.78, 5) is 11.4. The Balaban J connectivity index is 1.46. The third-order valence-corrected chi connectivity index (χ3v) is 6.38. The standard InChI is InChI=1S/C32H31N3O4/c1-35(2)16-18-38-23-14-15-27-26(19-23)30-31(33-27)24-20-28(36-3)29(37-4)21-25(24)32(30)34-39-17-10-6-9-13-22-11-7-5-8-12-22/h5-8,10-12,14-15,19-21,33H,16-18H2,1-4H3/b10-6+,34-32-. The van der Waals surface area contributed by atoms with Crippen LogP contribution in [-0.2, 0) is 4.84 Å². The normalized spacial score (nSPS) is 12.9. The van der Waals surface area contributed by atoms with Gasteiger partial charge in [-0.1, -0.05) is 35.2 Å². The maximum absolute atomic E-state index is 6.02. The van der Waals surface area contributed by atoms with E-state index in [1.807, 2.05) is 74.8 Å². The Kier molecular flexibility index (Phi) is 7.86. The number of nitrogens with zero attached hydrogens (tertiary/aromatic N) is 2. The molecule has 0 saturated heterocycles. The van der Waals surface area contributed by atoms with E-state index in [-0.39, 0.29) is 6.61 Å². The van der Waals surface area contributed by atoms with E-state index in [1.54, 1.807) is 20.3 Å². The molecule has 0 atom stereocenters. The second-order valence-electron chi connectivity index (χ2n) is 9.26. The summed E-state index contributed by atoms with van der Waals surface area (Å²) in [6, 6.07) is 19.8. The van der Waals surface area contributed by atoms with Gasteiger partial charge in [0.1, 0.15) is 24.7 Å². The molecule has 1 heterocycles. The largest absolute Gasteiger partial charge is 0.493 e. The van der Waals surface area contributed by atoms with Gasteiger partial charge in [0.25, 0.3) is 0 Å². The lowest BCUT2D eigenvalue weighted by Gasteiger charge is -2.12. The highest BCUT2D eigenvalue weighted by Gasteiger charge is 2.32. The van der Waals surface area contributed by atoms with Gasteiger partial charge in [-0.2, -0.15) is 0 Å². The van der Waals surface area contributed by atoms with Crippen LogP contribution >= 0.6 is 0 Å². The lowest BCUT2D eigenvalue weighted by atomic mass is 10.1. The predicted molar refractivity (Wildman–Crippen MR) is 155 cm³/mol. The second kappa shape index (κ2) is 11.8. The molecule has 1 aliphatic carbocycles. The number of hydrogen-bond acceptors (Lipinski definition) is 6. The van der Waals surface area contributed by atoms with Crippen LogP contribution in [0, 0.1) is 11.8 Å². The summed E-state index contributed by atoms with van der Waals surface area (Å²) < 4.78 is 17.2. The van der Waals surface area contributed by atoms with E-state index in [9.17, 15) is 0 Å². The SMILES string of the molecule is COc1cc2c(cc1OC)-c1[nH]c3ccc(OCCN(C)C)cc3c1/C2=N\OC/C=C/C#Cc1ccccc1. The van der Waals surface area contributed by atoms with Gasteiger partial charge in [-0.15, -0.1) is 0 Å². The number of nitrogens with one attached hydrogen (secondary N) is 1. The van der Waals surface area contributed by atoms with Crippen molar-refractivity contribution in [2.45, 2.75) is 0 Å². The quantitative estimate of drug-likeness (QED) is 0.158. The molecule has 1 aliphatic rings. The zero-order chi connectivity index (χ0) is 27.2. The minimum absolute atomic E-state index is 0.284. The summed E-state index contributed by atoms with van der Waals surface area (Å²) in [6.07, 6.45) is 3.62. The molecule has 1 N–H and O–H groups in total. The minimum atomic E-state index is 0.284. The minimum Gasteiger partial charge on any atom is -0.493 e. The first-order valence-corrected chi connectivity index (χ1v) is 12.7. The van der Waals surface area contributed by atoms with Gasteiger partial charge in [-0.05, 0) is 68.7 Å². The number of benzene rings is 3. The monoisotopic (exact) mass is 521 g/mol. The van der Waals surface area contributed by atoms with E-state index in [0.717, 1.165) is 56.9 Å². The molecule has 0 fully saturated rings. The van der Waals surface area contributed by atoms with Crippen LogP contribution in [0.1, 0.15) is 16.7 Å². The van der Waals surface area contributed by atoms with Crippen LogP contribution in [0.4, 0.5) is 0 Å². The molecule has 4 aromatic rings. The Morgan fingerprint density at radius 1 is 0.949 bits per heavy atom. The number of allylic oxidation sites excluding steroid dienone is 1. The first-order valence-electron chi connectivity index (χ1n) is 12.7. The van der Waals surface area contributed by atoms with E-state index in [1.165, 1.54) is 0 Å². The molecule has 1 aromatic heterocycles. The van der Waals surface area contributed by atoms with Crippen molar-refractivity contribution in [2.75, 3.05) is 48.1 Å². The lowest BCUT2D eigenvalue weighted by Crippen LogP contribution is -2.19. The Bertz CT molecular complexity index is 1590. The molecule has 0 bridgehead atoms. The van der Waals surface area contributed by atoms with E-state index in [0.29, 0.717) is 18.1 Å². The number of aromatic nitrogens is 1. The first kappa shape index (κ1) is 26.0. The Morgan fingerprint density at radius 2 is 1.72 bits per heavy atom. The second-order valence-corrected chi connectivity index (χ2v) is 9.26. The maximum Gasteiger partial charge on any atom is 0.161 e. The molecular weight excluding hydrogens is 490 g/mol. The zero-order valence-corrected chi connectivity index (χ0v) is 22.6. The number of methoxy groups -OCH3 is 2. The number of rotatable bonds is 9. The molecule has 39 heavy (non-hydrogen) atoms. The van der Waals surface area contributed by atoms with Gasteiger partial charge >= 0.3 is 0 Å². The van der Waals surface area contributed by atoms with Crippen molar-refractivity contribution in [3.05, 3.63) is 89.5 Å². The average molecular weight is 522 g/mol. The van der Waals surface area contributed by atoms with Gasteiger partial charge < -0.3 is 28.9 Å². The molecule has 7 nitrogen and oxygen atoms in total. The number of H-pyrrole nitrogens is 1. The highest BCUT2D eigenvalue weighted by molar-refractivity contribution is 6.30. The molecule has 0 spiro atoms. The number of hydrogen-bond donors (Lipinski definition) is 1. The van der Waals surface area contributed by atoms with Crippen LogP contribution in [0.5, 0.6) is 17.2 Å². The summed E-state index contributed by atoms with van der Waals surface area (Å²) in [5.74, 6) is 8.20. The van der Waals surface area contributed by atoms with Crippen LogP contribution in [0.3, 0.4) is 0 Å². The van der Waals surface area contributed by atoms with Crippen LogP contribution in [-0.4, -0.2) is 63.7 Å². The summed E-state index contributed by atoms with van der Waals surface area (Å²) >= 11 is 0. The molecule has 0 aliphatic heterocycles. The highest BCUT2D eigenvalue weighted by atomic mass is 16.6. The van der Waals surface area contributed by atoms with Crippen molar-refractivity contribution in [3.8, 4) is 40.3 Å². The summed E-state index contributed by atoms with van der Waals surface area (Å²) in [5.41, 5.74) is 6.47. The molecule has 5 rings (SSSR count). The van der Waals surface area contributed by atoms with Gasteiger partial charge in [0.15, 0.2) is 11.5 Å². The molecule has 0 amide bonds. The van der Waals surface area contributed by atoms with Crippen molar-refractivity contribution in [1.29, 1.82) is 0 Å². The van der Waals surface area contributed by atoms with E-state index >= 15 is 0 Å². The fraction of sp³-hybridized carbons (Fsp3) is 0.219. The third kappa shape index (κ3) is 5.62. The van der Waals surface area contributed by atoms with Gasteiger partial charge in [-0.25, -0.2) is 0 Å². The fourth-order valence-electron chi connectivity index (χ4n) is 4.46. The van der Waals surface area contributed by atoms with Crippen molar-refractivity contribution >= 4 is 16.6 Å². The Morgan fingerprint density at radius 3 is 2.46 bits per heavy atom. The molecular formula is C32H31N3O4. The fourth-order valence-corrected chi connectivity index (χ4v) is 4.46. The number of ether oxygens (including phenoxy) is 3. The third-order valence-electron chi connectivity index (χ3n) is 6.38. The summed E-state index contributed by atoms with van der Waals surface area (Å²) in [7, 11) is 7.31. The average Bonchev–Trinajstić information content (AvgIpc) is 3.46. The van der Waals surface area contributed by atoms with Gasteiger partial charge in [0, 0.05) is 39.7 Å². The van der Waals surface area contributed by atoms with E-state index in [2.05, 4.69) is 32.9 Å². The zero-order valence-electron chi connectivity index (χ0n) is 22.6. The predicted octanol–water partition coefficient (Wildman–Crippen LogP) is 5.48. The van der Waals surface area contributed by atoms with Crippen molar-refractivity contribution in [1.82, 2.24) is 9.88 Å². The van der Waals surface area contributed by atoms with Crippen molar-refractivity contribution < 1.29 is 19.0 Å². The summed E-state index contributed by atoms with van der Waals surface area (Å²) in [6.45, 7) is 1.72.